The van der Waals surface area contributed by atoms with Gasteiger partial charge in [0.2, 0.25) is 23.7 Å². The van der Waals surface area contributed by atoms with Crippen molar-refractivity contribution < 1.29 is 27.2 Å². The van der Waals surface area contributed by atoms with E-state index in [2.05, 4.69) is 60.9 Å². The summed E-state index contributed by atoms with van der Waals surface area (Å²) < 4.78 is 54.5. The fraction of sp³-hybridized carbons (Fsp3) is 0.550. The molecule has 12 heteroatoms. The van der Waals surface area contributed by atoms with Gasteiger partial charge < -0.3 is 20.6 Å². The number of alkyl halides is 4. The molecule has 2 fully saturated rings. The van der Waals surface area contributed by atoms with Crippen LogP contribution in [0.3, 0.4) is 0 Å². The maximum absolute atomic E-state index is 13.6. The smallest absolute Gasteiger partial charge is 0.248 e. The first-order chi connectivity index (χ1) is 24.7. The largest absolute Gasteiger partial charge is 0.346 e. The van der Waals surface area contributed by atoms with Crippen molar-refractivity contribution >= 4 is 22.6 Å². The molecule has 0 aliphatic heterocycles. The Balaban J connectivity index is 1.06. The van der Waals surface area contributed by atoms with Crippen LogP contribution in [0.5, 0.6) is 0 Å². The average Bonchev–Trinajstić information content (AvgIpc) is 3.78. The van der Waals surface area contributed by atoms with Crippen LogP contribution in [0.15, 0.2) is 48.8 Å². The monoisotopic (exact) mass is 722 g/mol. The zero-order chi connectivity index (χ0) is 37.2. The average molecular weight is 723 g/mol. The number of carbonyl (C=O) groups excluding carboxylic acids is 2. The Morgan fingerprint density at radius 1 is 0.712 bits per heavy atom. The molecule has 0 unspecified atom stereocenters. The standard InChI is InChI=1S/C40H50F4N6O2/c1-23(2)33(49-37(51)26-11-15-39(41,42)16-12-26)35-45-21-31(47-35)10-6-25-5-7-29-20-30(9-8-28(29)19-25)32-22-46-36(48-32)34(24(3)4)50-38(52)27-13-17-40(43,44)18-14-27/h5,7-9,19-24,26-27,33-34H,6,10-18H2,1-4H3,(H,45,47)(H,46,48)(H,49,51)(H,50,52)/t33-,34-/m0/s1. The number of benzene rings is 2. The number of hydrogen-bond acceptors (Lipinski definition) is 4. The minimum atomic E-state index is -2.68. The molecule has 2 aliphatic rings. The number of halogens is 4. The number of hydrogen-bond donors (Lipinski definition) is 4. The van der Waals surface area contributed by atoms with Gasteiger partial charge >= 0.3 is 0 Å². The van der Waals surface area contributed by atoms with Gasteiger partial charge in [-0.05, 0) is 72.8 Å². The molecule has 2 aliphatic carbocycles. The van der Waals surface area contributed by atoms with Crippen LogP contribution in [0.2, 0.25) is 0 Å². The van der Waals surface area contributed by atoms with Crippen LogP contribution >= 0.6 is 0 Å². The van der Waals surface area contributed by atoms with E-state index in [4.69, 9.17) is 0 Å². The molecule has 0 spiro atoms. The van der Waals surface area contributed by atoms with E-state index in [0.29, 0.717) is 11.6 Å². The lowest BCUT2D eigenvalue weighted by Crippen LogP contribution is -2.39. The minimum Gasteiger partial charge on any atom is -0.346 e. The molecule has 6 rings (SSSR count). The number of amides is 2. The lowest BCUT2D eigenvalue weighted by atomic mass is 9.86. The van der Waals surface area contributed by atoms with Gasteiger partial charge in [0.1, 0.15) is 11.6 Å². The van der Waals surface area contributed by atoms with Gasteiger partial charge in [0.05, 0.1) is 24.0 Å². The predicted octanol–water partition coefficient (Wildman–Crippen LogP) is 9.02. The first-order valence-electron chi connectivity index (χ1n) is 18.6. The molecule has 2 atom stereocenters. The van der Waals surface area contributed by atoms with E-state index < -0.39 is 23.7 Å². The molecule has 0 bridgehead atoms. The minimum absolute atomic E-state index is 0.0422. The molecule has 4 aromatic rings. The topological polar surface area (TPSA) is 116 Å². The number of carbonyl (C=O) groups is 2. The van der Waals surface area contributed by atoms with Crippen LogP contribution in [0.25, 0.3) is 22.0 Å². The first-order valence-corrected chi connectivity index (χ1v) is 18.6. The summed E-state index contributed by atoms with van der Waals surface area (Å²) in [5, 5.41) is 8.30. The van der Waals surface area contributed by atoms with E-state index in [1.807, 2.05) is 33.8 Å². The second-order valence-electron chi connectivity index (χ2n) is 15.6. The maximum atomic E-state index is 13.6. The Hall–Kier alpha value is -4.22. The molecule has 52 heavy (non-hydrogen) atoms. The Kier molecular flexibility index (Phi) is 11.1. The van der Waals surface area contributed by atoms with E-state index in [9.17, 15) is 27.2 Å². The normalized spacial score (nSPS) is 19.2. The molecule has 2 heterocycles. The van der Waals surface area contributed by atoms with E-state index in [1.54, 1.807) is 12.4 Å². The maximum Gasteiger partial charge on any atom is 0.248 e. The van der Waals surface area contributed by atoms with Crippen LogP contribution in [0.4, 0.5) is 17.6 Å². The second kappa shape index (κ2) is 15.4. The number of aromatic amines is 2. The number of fused-ring (bicyclic) bond motifs is 1. The van der Waals surface area contributed by atoms with Gasteiger partial charge in [-0.3, -0.25) is 9.59 Å². The summed E-state index contributed by atoms with van der Waals surface area (Å²) in [5.74, 6) is -5.13. The highest BCUT2D eigenvalue weighted by Crippen LogP contribution is 2.38. The Bertz CT molecular complexity index is 1850. The number of nitrogens with one attached hydrogen (secondary N) is 4. The molecule has 0 radical (unpaired) electrons. The summed E-state index contributed by atoms with van der Waals surface area (Å²) in [4.78, 5) is 41.9. The molecule has 8 nitrogen and oxygen atoms in total. The number of aryl methyl sites for hydroxylation is 2. The molecule has 4 N–H and O–H groups in total. The summed E-state index contributed by atoms with van der Waals surface area (Å²) in [5.41, 5.74) is 3.90. The molecule has 2 aromatic heterocycles. The summed E-state index contributed by atoms with van der Waals surface area (Å²) in [7, 11) is 0. The van der Waals surface area contributed by atoms with Gasteiger partial charge in [0.25, 0.3) is 0 Å². The number of imidazole rings is 2. The fourth-order valence-corrected chi connectivity index (χ4v) is 7.45. The van der Waals surface area contributed by atoms with Crippen molar-refractivity contribution in [3.05, 3.63) is 71.7 Å². The van der Waals surface area contributed by atoms with Crippen molar-refractivity contribution in [2.24, 2.45) is 23.7 Å². The lowest BCUT2D eigenvalue weighted by molar-refractivity contribution is -0.131. The van der Waals surface area contributed by atoms with Crippen molar-refractivity contribution in [2.75, 3.05) is 0 Å². The second-order valence-corrected chi connectivity index (χ2v) is 15.6. The van der Waals surface area contributed by atoms with Crippen molar-refractivity contribution in [1.29, 1.82) is 0 Å². The summed E-state index contributed by atoms with van der Waals surface area (Å²) in [6.07, 6.45) is 4.83. The summed E-state index contributed by atoms with van der Waals surface area (Å²) in [6, 6.07) is 11.9. The highest BCUT2D eigenvalue weighted by Gasteiger charge is 2.39. The molecule has 0 saturated heterocycles. The molecular weight excluding hydrogens is 672 g/mol. The molecule has 280 valence electrons. The van der Waals surface area contributed by atoms with Crippen molar-refractivity contribution in [3.63, 3.8) is 0 Å². The van der Waals surface area contributed by atoms with Gasteiger partial charge in [-0.2, -0.15) is 0 Å². The van der Waals surface area contributed by atoms with Crippen molar-refractivity contribution in [2.45, 2.75) is 116 Å². The third kappa shape index (κ3) is 9.04. The van der Waals surface area contributed by atoms with E-state index in [-0.39, 0.29) is 87.1 Å². The first kappa shape index (κ1) is 37.5. The van der Waals surface area contributed by atoms with Crippen molar-refractivity contribution in [1.82, 2.24) is 30.6 Å². The van der Waals surface area contributed by atoms with Crippen molar-refractivity contribution in [3.8, 4) is 11.3 Å². The zero-order valence-electron chi connectivity index (χ0n) is 30.4. The molecular formula is C40H50F4N6O2. The van der Waals surface area contributed by atoms with Gasteiger partial charge in [0, 0.05) is 55.0 Å². The number of aromatic nitrogens is 4. The third-order valence-electron chi connectivity index (χ3n) is 10.8. The summed E-state index contributed by atoms with van der Waals surface area (Å²) >= 11 is 0. The van der Waals surface area contributed by atoms with E-state index in [0.717, 1.165) is 40.6 Å². The highest BCUT2D eigenvalue weighted by molar-refractivity contribution is 5.87. The SMILES string of the molecule is CC(C)[C@H](NC(=O)C1CCC(F)(F)CC1)c1ncc(CCc2ccc3cc(-c4cnc([C@@H](NC(=O)C5CCC(F)(F)CC5)C(C)C)[nH]4)ccc3c2)[nH]1. The van der Waals surface area contributed by atoms with Crippen LogP contribution in [0, 0.1) is 23.7 Å². The van der Waals surface area contributed by atoms with Gasteiger partial charge in [0.15, 0.2) is 0 Å². The van der Waals surface area contributed by atoms with Crippen LogP contribution < -0.4 is 10.6 Å². The predicted molar refractivity (Wildman–Crippen MR) is 193 cm³/mol. The lowest BCUT2D eigenvalue weighted by Gasteiger charge is -2.29. The number of H-pyrrole nitrogens is 2. The zero-order valence-corrected chi connectivity index (χ0v) is 30.4. The van der Waals surface area contributed by atoms with Crippen LogP contribution in [0.1, 0.15) is 114 Å². The Labute approximate surface area is 302 Å². The summed E-state index contributed by atoms with van der Waals surface area (Å²) in [6.45, 7) is 8.00. The quantitative estimate of drug-likeness (QED) is 0.109. The van der Waals surface area contributed by atoms with Crippen LogP contribution in [-0.4, -0.2) is 43.6 Å². The fourth-order valence-electron chi connectivity index (χ4n) is 7.45. The highest BCUT2D eigenvalue weighted by atomic mass is 19.3. The van der Waals surface area contributed by atoms with Gasteiger partial charge in [-0.1, -0.05) is 58.0 Å². The Morgan fingerprint density at radius 3 is 1.77 bits per heavy atom. The number of nitrogens with zero attached hydrogens (tertiary/aromatic N) is 2. The molecule has 2 aromatic carbocycles. The third-order valence-corrected chi connectivity index (χ3v) is 10.8. The molecule has 2 amide bonds. The van der Waals surface area contributed by atoms with Gasteiger partial charge in [-0.25, -0.2) is 27.5 Å². The van der Waals surface area contributed by atoms with Crippen LogP contribution in [-0.2, 0) is 22.4 Å². The number of rotatable bonds is 12. The van der Waals surface area contributed by atoms with E-state index in [1.165, 1.54) is 5.56 Å². The van der Waals surface area contributed by atoms with E-state index >= 15 is 0 Å². The van der Waals surface area contributed by atoms with Gasteiger partial charge in [-0.15, -0.1) is 0 Å². The Morgan fingerprint density at radius 2 is 1.21 bits per heavy atom. The molecule has 2 saturated carbocycles.